The molecule has 6 heteroatoms. The summed E-state index contributed by atoms with van der Waals surface area (Å²) < 4.78 is 19.7. The summed E-state index contributed by atoms with van der Waals surface area (Å²) in [5, 5.41) is 0. The van der Waals surface area contributed by atoms with Gasteiger partial charge < -0.3 is 11.5 Å². The minimum atomic E-state index is -2.16. The molecule has 0 aliphatic rings. The summed E-state index contributed by atoms with van der Waals surface area (Å²) in [4.78, 5) is 0. The van der Waals surface area contributed by atoms with Crippen LogP contribution in [0.15, 0.2) is 0 Å². The lowest BCUT2D eigenvalue weighted by atomic mass is 10.7. The summed E-state index contributed by atoms with van der Waals surface area (Å²) in [6.07, 6.45) is -1.19. The maximum absolute atomic E-state index is 10.6. The second kappa shape index (κ2) is 4.71. The van der Waals surface area contributed by atoms with Crippen LogP contribution in [-0.4, -0.2) is 12.5 Å². The van der Waals surface area contributed by atoms with Gasteiger partial charge in [0.1, 0.15) is 0 Å². The molecule has 0 aliphatic heterocycles. The second-order valence-electron chi connectivity index (χ2n) is 1.84. The fraction of sp³-hybridized carbons (Fsp3) is 1.00. The Balaban J connectivity index is 3.44. The first-order valence-electron chi connectivity index (χ1n) is 2.84. The largest absolute Gasteiger partial charge is 0.700 e. The Labute approximate surface area is 60.6 Å². The summed E-state index contributed by atoms with van der Waals surface area (Å²) in [6, 6.07) is 0. The quantitative estimate of drug-likeness (QED) is 0.464. The molecule has 10 heavy (non-hydrogen) atoms. The van der Waals surface area contributed by atoms with Gasteiger partial charge in [0.25, 0.3) is 0 Å². The fourth-order valence-electron chi connectivity index (χ4n) is 0.296. The molecular formula is C4H12N2O3P+. The maximum atomic E-state index is 10.6. The van der Waals surface area contributed by atoms with Crippen molar-refractivity contribution < 1.29 is 13.6 Å². The number of hydrogen-bond donors (Lipinski definition) is 2. The van der Waals surface area contributed by atoms with E-state index in [0.717, 1.165) is 0 Å². The van der Waals surface area contributed by atoms with Gasteiger partial charge in [0, 0.05) is 4.57 Å². The molecule has 0 saturated carbocycles. The molecule has 0 aromatic carbocycles. The van der Waals surface area contributed by atoms with Crippen molar-refractivity contribution in [3.8, 4) is 0 Å². The Morgan fingerprint density at radius 3 is 1.70 bits per heavy atom. The van der Waals surface area contributed by atoms with E-state index in [4.69, 9.17) is 11.5 Å². The van der Waals surface area contributed by atoms with Crippen molar-refractivity contribution in [1.82, 2.24) is 0 Å². The highest BCUT2D eigenvalue weighted by Crippen LogP contribution is 2.25. The van der Waals surface area contributed by atoms with E-state index >= 15 is 0 Å². The molecule has 5 nitrogen and oxygen atoms in total. The summed E-state index contributed by atoms with van der Waals surface area (Å²) >= 11 is 0. The topological polar surface area (TPSA) is 87.6 Å². The average Bonchev–Trinajstić information content (AvgIpc) is 1.58. The molecule has 0 spiro atoms. The lowest BCUT2D eigenvalue weighted by molar-refractivity contribution is 0.151. The van der Waals surface area contributed by atoms with Crippen molar-refractivity contribution in [2.45, 2.75) is 26.3 Å². The second-order valence-corrected chi connectivity index (χ2v) is 2.71. The molecule has 0 saturated heterocycles. The van der Waals surface area contributed by atoms with Crippen molar-refractivity contribution in [2.75, 3.05) is 0 Å². The number of hydrogen-bond acceptors (Lipinski definition) is 5. The van der Waals surface area contributed by atoms with E-state index in [2.05, 4.69) is 9.05 Å². The van der Waals surface area contributed by atoms with Crippen LogP contribution in [0.25, 0.3) is 0 Å². The van der Waals surface area contributed by atoms with Crippen LogP contribution in [0, 0.1) is 0 Å². The predicted molar refractivity (Wildman–Crippen MR) is 37.1 cm³/mol. The molecule has 0 radical (unpaired) electrons. The van der Waals surface area contributed by atoms with Crippen LogP contribution in [0.1, 0.15) is 13.8 Å². The normalized spacial score (nSPS) is 18.2. The van der Waals surface area contributed by atoms with Gasteiger partial charge in [0.05, 0.1) is 0 Å². The third-order valence-electron chi connectivity index (χ3n) is 0.505. The van der Waals surface area contributed by atoms with Crippen LogP contribution in [-0.2, 0) is 13.6 Å². The summed E-state index contributed by atoms with van der Waals surface area (Å²) in [5.74, 6) is 0. The van der Waals surface area contributed by atoms with Crippen molar-refractivity contribution in [3.05, 3.63) is 0 Å². The van der Waals surface area contributed by atoms with E-state index in [9.17, 15) is 4.57 Å². The Morgan fingerprint density at radius 2 is 1.50 bits per heavy atom. The zero-order valence-corrected chi connectivity index (χ0v) is 6.88. The third kappa shape index (κ3) is 6.07. The van der Waals surface area contributed by atoms with Crippen LogP contribution >= 0.6 is 8.25 Å². The van der Waals surface area contributed by atoms with E-state index < -0.39 is 20.7 Å². The minimum Gasteiger partial charge on any atom is -0.302 e. The van der Waals surface area contributed by atoms with E-state index in [1.54, 1.807) is 13.8 Å². The zero-order chi connectivity index (χ0) is 8.15. The molecule has 60 valence electrons. The Bertz CT molecular complexity index is 105. The SMILES string of the molecule is CC(N)O[P+](=O)OC(C)N. The standard InChI is InChI=1S/C4H12N2O3P/c1-3(5)8-10(7)9-4(2)6/h3-4H,5-6H2,1-2H3/q+1. The smallest absolute Gasteiger partial charge is 0.302 e. The van der Waals surface area contributed by atoms with Gasteiger partial charge in [-0.2, -0.15) is 0 Å². The van der Waals surface area contributed by atoms with Gasteiger partial charge in [0.2, 0.25) is 0 Å². The minimum absolute atomic E-state index is 0.595. The summed E-state index contributed by atoms with van der Waals surface area (Å²) in [7, 11) is -2.16. The van der Waals surface area contributed by atoms with E-state index in [0.29, 0.717) is 0 Å². The maximum Gasteiger partial charge on any atom is 0.700 e. The van der Waals surface area contributed by atoms with Gasteiger partial charge in [0.15, 0.2) is 12.5 Å². The van der Waals surface area contributed by atoms with Gasteiger partial charge in [-0.25, -0.2) is 0 Å². The first-order valence-corrected chi connectivity index (χ1v) is 3.94. The summed E-state index contributed by atoms with van der Waals surface area (Å²) in [6.45, 7) is 3.11. The fourth-order valence-corrected chi connectivity index (χ4v) is 0.889. The highest BCUT2D eigenvalue weighted by Gasteiger charge is 2.24. The first kappa shape index (κ1) is 9.94. The van der Waals surface area contributed by atoms with Gasteiger partial charge >= 0.3 is 8.25 Å². The van der Waals surface area contributed by atoms with Crippen LogP contribution < -0.4 is 11.5 Å². The molecule has 2 atom stereocenters. The van der Waals surface area contributed by atoms with Crippen molar-refractivity contribution in [3.63, 3.8) is 0 Å². The Morgan fingerprint density at radius 1 is 1.20 bits per heavy atom. The molecule has 2 unspecified atom stereocenters. The Hall–Kier alpha value is -0.0600. The molecule has 4 N–H and O–H groups in total. The molecule has 0 fully saturated rings. The molecule has 0 bridgehead atoms. The lowest BCUT2D eigenvalue weighted by Gasteiger charge is -1.95. The predicted octanol–water partition coefficient (Wildman–Crippen LogP) is 0.286. The average molecular weight is 167 g/mol. The molecule has 0 heterocycles. The molecule has 0 aliphatic carbocycles. The van der Waals surface area contributed by atoms with E-state index in [1.165, 1.54) is 0 Å². The first-order chi connectivity index (χ1) is 4.52. The highest BCUT2D eigenvalue weighted by atomic mass is 31.1. The third-order valence-corrected chi connectivity index (χ3v) is 1.51. The number of nitrogens with two attached hydrogens (primary N) is 2. The molecule has 0 rings (SSSR count). The zero-order valence-electron chi connectivity index (χ0n) is 5.98. The van der Waals surface area contributed by atoms with Gasteiger partial charge in [-0.05, 0) is 13.8 Å². The molecule has 0 aromatic heterocycles. The Kier molecular flexibility index (Phi) is 4.68. The van der Waals surface area contributed by atoms with Gasteiger partial charge in [-0.15, -0.1) is 9.05 Å². The van der Waals surface area contributed by atoms with Crippen molar-refractivity contribution in [2.24, 2.45) is 11.5 Å². The van der Waals surface area contributed by atoms with E-state index in [1.807, 2.05) is 0 Å². The molecular weight excluding hydrogens is 155 g/mol. The van der Waals surface area contributed by atoms with Gasteiger partial charge in [-0.1, -0.05) is 0 Å². The number of rotatable bonds is 4. The van der Waals surface area contributed by atoms with Crippen LogP contribution in [0.5, 0.6) is 0 Å². The summed E-state index contributed by atoms with van der Waals surface area (Å²) in [5.41, 5.74) is 10.3. The lowest BCUT2D eigenvalue weighted by Crippen LogP contribution is -2.19. The molecule has 0 aromatic rings. The van der Waals surface area contributed by atoms with Crippen molar-refractivity contribution in [1.29, 1.82) is 0 Å². The van der Waals surface area contributed by atoms with Crippen molar-refractivity contribution >= 4 is 8.25 Å². The van der Waals surface area contributed by atoms with Crippen LogP contribution in [0.3, 0.4) is 0 Å². The highest BCUT2D eigenvalue weighted by molar-refractivity contribution is 7.33. The van der Waals surface area contributed by atoms with Crippen LogP contribution in [0.4, 0.5) is 0 Å². The monoisotopic (exact) mass is 167 g/mol. The van der Waals surface area contributed by atoms with Gasteiger partial charge in [-0.3, -0.25) is 0 Å². The van der Waals surface area contributed by atoms with E-state index in [-0.39, 0.29) is 0 Å². The molecule has 0 amide bonds. The van der Waals surface area contributed by atoms with Crippen LogP contribution in [0.2, 0.25) is 0 Å².